The maximum absolute atomic E-state index is 11.7. The predicted octanol–water partition coefficient (Wildman–Crippen LogP) is 7.64. The number of ether oxygens (including phenoxy) is 1. The van der Waals surface area contributed by atoms with Crippen molar-refractivity contribution in [2.75, 3.05) is 26.7 Å². The van der Waals surface area contributed by atoms with Gasteiger partial charge >= 0.3 is 13.7 Å². The van der Waals surface area contributed by atoms with E-state index in [4.69, 9.17) is 18.5 Å². The number of aromatic nitrogens is 1. The highest BCUT2D eigenvalue weighted by Crippen LogP contribution is 2.43. The van der Waals surface area contributed by atoms with Crippen molar-refractivity contribution < 1.29 is 23.3 Å². The van der Waals surface area contributed by atoms with E-state index in [0.29, 0.717) is 11.5 Å². The molecular formula is C32H50BBrN2O5P. The monoisotopic (exact) mass is 663 g/mol. The van der Waals surface area contributed by atoms with Crippen LogP contribution in [0.1, 0.15) is 96.0 Å². The molecule has 1 atom stereocenters. The summed E-state index contributed by atoms with van der Waals surface area (Å²) in [5.41, 5.74) is 3.60. The number of nitrogens with zero attached hydrogens (tertiary/aromatic N) is 2. The van der Waals surface area contributed by atoms with Crippen molar-refractivity contribution in [3.8, 4) is 0 Å². The molecule has 0 bridgehead atoms. The zero-order valence-electron chi connectivity index (χ0n) is 27.0. The van der Waals surface area contributed by atoms with Crippen LogP contribution in [-0.4, -0.2) is 61.1 Å². The largest absolute Gasteiger partial charge is 0.488 e. The second kappa shape index (κ2) is 17.0. The number of fused-ring (bicyclic) bond motifs is 1. The Balaban J connectivity index is 0.000000231. The van der Waals surface area contributed by atoms with Gasteiger partial charge in [0, 0.05) is 18.0 Å². The van der Waals surface area contributed by atoms with Crippen LogP contribution in [0.2, 0.25) is 0 Å². The molecule has 2 aliphatic rings. The highest BCUT2D eigenvalue weighted by Gasteiger charge is 2.44. The maximum Gasteiger partial charge on any atom is 0.488 e. The molecule has 0 amide bonds. The van der Waals surface area contributed by atoms with Crippen molar-refractivity contribution in [3.05, 3.63) is 52.3 Å². The van der Waals surface area contributed by atoms with Gasteiger partial charge in [-0.05, 0) is 112 Å². The Kier molecular flexibility index (Phi) is 14.8. The molecule has 1 aliphatic heterocycles. The molecule has 0 spiro atoms. The topological polar surface area (TPSA) is 66.1 Å². The van der Waals surface area contributed by atoms with Gasteiger partial charge in [-0.1, -0.05) is 48.9 Å². The van der Waals surface area contributed by atoms with Gasteiger partial charge in [0.25, 0.3) is 0 Å². The van der Waals surface area contributed by atoms with E-state index in [2.05, 4.69) is 61.5 Å². The third-order valence-corrected chi connectivity index (χ3v) is 9.66. The summed E-state index contributed by atoms with van der Waals surface area (Å²) < 4.78 is 23.3. The lowest BCUT2D eigenvalue weighted by molar-refractivity contribution is 0.00578. The van der Waals surface area contributed by atoms with E-state index in [9.17, 15) is 4.79 Å². The van der Waals surface area contributed by atoms with E-state index in [1.54, 1.807) is 6.26 Å². The van der Waals surface area contributed by atoms with Crippen LogP contribution in [0.25, 0.3) is 10.9 Å². The molecule has 1 saturated heterocycles. The molecule has 2 fully saturated rings. The molecule has 1 saturated carbocycles. The standard InChI is InChI=1S/C16H18BrNO2.C6H12BO2.C6H15N.C4H5OP/c1-18-13-9-11(16(19)20-2)7-8-12(13)14(15(18)17)10-5-3-4-6-10;1-5(2)6(3,4)9-7-8-5;1-4-7(5-2)6-3;6-4-2-1-3-5-4/h7-10H,3-6H2,1-2H3;1-4H3;4-6H2,1-3H3;1-3H,6H2. The molecule has 10 heteroatoms. The lowest BCUT2D eigenvalue weighted by Gasteiger charge is -2.32. The second-order valence-corrected chi connectivity index (χ2v) is 12.8. The molecule has 1 aromatic carbocycles. The molecule has 1 aliphatic carbocycles. The number of methoxy groups -OCH3 is 1. The van der Waals surface area contributed by atoms with Gasteiger partial charge in [0.1, 0.15) is 5.50 Å². The van der Waals surface area contributed by atoms with Crippen molar-refractivity contribution in [2.24, 2.45) is 7.05 Å². The Morgan fingerprint density at radius 3 is 2.00 bits per heavy atom. The number of halogens is 1. The fourth-order valence-electron chi connectivity index (χ4n) is 4.79. The molecule has 1 radical (unpaired) electrons. The lowest BCUT2D eigenvalue weighted by atomic mass is 9.90. The van der Waals surface area contributed by atoms with Crippen molar-refractivity contribution in [1.29, 1.82) is 0 Å². The van der Waals surface area contributed by atoms with Crippen molar-refractivity contribution in [1.82, 2.24) is 9.47 Å². The number of carbonyl (C=O) groups is 1. The summed E-state index contributed by atoms with van der Waals surface area (Å²) in [4.78, 5) is 14.0. The first-order chi connectivity index (χ1) is 19.8. The third-order valence-electron chi connectivity index (χ3n) is 8.37. The maximum atomic E-state index is 11.7. The van der Waals surface area contributed by atoms with Gasteiger partial charge in [-0.2, -0.15) is 0 Å². The summed E-state index contributed by atoms with van der Waals surface area (Å²) in [7, 11) is 7.31. The number of benzene rings is 1. The number of rotatable bonds is 5. The highest BCUT2D eigenvalue weighted by atomic mass is 79.9. The number of hydrogen-bond donors (Lipinski definition) is 0. The van der Waals surface area contributed by atoms with Crippen LogP contribution in [0.5, 0.6) is 0 Å². The smallest absolute Gasteiger partial charge is 0.465 e. The van der Waals surface area contributed by atoms with Crippen molar-refractivity contribution in [3.63, 3.8) is 0 Å². The highest BCUT2D eigenvalue weighted by molar-refractivity contribution is 9.10. The van der Waals surface area contributed by atoms with E-state index in [-0.39, 0.29) is 17.2 Å². The molecule has 1 unspecified atom stereocenters. The van der Waals surface area contributed by atoms with Crippen LogP contribution in [-0.2, 0) is 21.1 Å². The van der Waals surface area contributed by atoms with E-state index < -0.39 is 0 Å². The van der Waals surface area contributed by atoms with Gasteiger partial charge in [0.15, 0.2) is 0 Å². The molecule has 42 heavy (non-hydrogen) atoms. The SMILES string of the molecule is CC1(C)O[B]OC1(C)C.CCN(CC)CC.COC(=O)c1ccc2c(C3CCCC3)c(Br)n(C)c2c1.Pc1ccco1. The molecule has 3 aromatic rings. The van der Waals surface area contributed by atoms with E-state index >= 15 is 0 Å². The second-order valence-electron chi connectivity index (χ2n) is 11.5. The Hall–Kier alpha value is -1.64. The minimum atomic E-state index is -0.286. The fraction of sp³-hybridized carbons (Fsp3) is 0.594. The number of aryl methyl sites for hydroxylation is 1. The van der Waals surface area contributed by atoms with Crippen molar-refractivity contribution in [2.45, 2.75) is 91.3 Å². The molecule has 7 nitrogen and oxygen atoms in total. The zero-order valence-corrected chi connectivity index (χ0v) is 29.7. The minimum absolute atomic E-state index is 0.187. The Bertz CT molecular complexity index is 1220. The summed E-state index contributed by atoms with van der Waals surface area (Å²) >= 11 is 3.73. The first kappa shape index (κ1) is 36.6. The van der Waals surface area contributed by atoms with E-state index in [0.717, 1.165) is 15.6 Å². The molecule has 2 aromatic heterocycles. The van der Waals surface area contributed by atoms with Crippen LogP contribution >= 0.6 is 25.2 Å². The van der Waals surface area contributed by atoms with Crippen LogP contribution in [0, 0.1) is 0 Å². The molecular weight excluding hydrogens is 614 g/mol. The minimum Gasteiger partial charge on any atom is -0.465 e. The Morgan fingerprint density at radius 2 is 1.64 bits per heavy atom. The normalized spacial score (nSPS) is 17.0. The third kappa shape index (κ3) is 9.69. The summed E-state index contributed by atoms with van der Waals surface area (Å²) in [6.07, 6.45) is 6.79. The first-order valence-corrected chi connectivity index (χ1v) is 16.2. The number of hydrogen-bond acceptors (Lipinski definition) is 6. The summed E-state index contributed by atoms with van der Waals surface area (Å²) in [6.45, 7) is 18.2. The van der Waals surface area contributed by atoms with Crippen molar-refractivity contribution >= 4 is 55.2 Å². The van der Waals surface area contributed by atoms with Crippen LogP contribution in [0.15, 0.2) is 45.6 Å². The molecule has 3 heterocycles. The van der Waals surface area contributed by atoms with Crippen LogP contribution < -0.4 is 5.50 Å². The van der Waals surface area contributed by atoms with Gasteiger partial charge < -0.3 is 27.9 Å². The van der Waals surface area contributed by atoms with Gasteiger partial charge in [-0.25, -0.2) is 4.79 Å². The van der Waals surface area contributed by atoms with E-state index in [1.807, 2.05) is 59.0 Å². The number of carbonyl (C=O) groups excluding carboxylic acids is 1. The molecule has 5 rings (SSSR count). The van der Waals surface area contributed by atoms with Gasteiger partial charge in [-0.3, -0.25) is 0 Å². The quantitative estimate of drug-likeness (QED) is 0.159. The Labute approximate surface area is 264 Å². The predicted molar refractivity (Wildman–Crippen MR) is 181 cm³/mol. The average molecular weight is 664 g/mol. The average Bonchev–Trinajstić information content (AvgIpc) is 3.76. The molecule has 0 N–H and O–H groups in total. The van der Waals surface area contributed by atoms with Crippen LogP contribution in [0.3, 0.4) is 0 Å². The lowest BCUT2D eigenvalue weighted by Crippen LogP contribution is -2.41. The summed E-state index contributed by atoms with van der Waals surface area (Å²) in [5.74, 6) is 0.351. The molecule has 233 valence electrons. The van der Waals surface area contributed by atoms with Gasteiger partial charge in [-0.15, -0.1) is 0 Å². The Morgan fingerprint density at radius 1 is 1.07 bits per heavy atom. The van der Waals surface area contributed by atoms with E-state index in [1.165, 1.54) is 71.1 Å². The summed E-state index contributed by atoms with van der Waals surface area (Å²) in [6, 6.07) is 9.57. The van der Waals surface area contributed by atoms with Gasteiger partial charge in [0.05, 0.1) is 34.7 Å². The first-order valence-electron chi connectivity index (χ1n) is 14.9. The fourth-order valence-corrected chi connectivity index (χ4v) is 5.71. The van der Waals surface area contributed by atoms with Crippen LogP contribution in [0.4, 0.5) is 0 Å². The summed E-state index contributed by atoms with van der Waals surface area (Å²) in [5, 5.41) is 1.25. The zero-order chi connectivity index (χ0) is 31.5. The number of esters is 1. The van der Waals surface area contributed by atoms with Gasteiger partial charge in [0.2, 0.25) is 0 Å². The number of furan rings is 1.